The highest BCUT2D eigenvalue weighted by Crippen LogP contribution is 2.29. The molecule has 122 valence electrons. The maximum Gasteiger partial charge on any atom is 0.199 e. The highest BCUT2D eigenvalue weighted by atomic mass is 35.5. The first-order chi connectivity index (χ1) is 11.0. The number of rotatable bonds is 4. The first kappa shape index (κ1) is 16.1. The molecule has 0 spiro atoms. The summed E-state index contributed by atoms with van der Waals surface area (Å²) in [7, 11) is 0. The molecule has 2 aromatic rings. The molecule has 1 unspecified atom stereocenters. The van der Waals surface area contributed by atoms with E-state index in [0.29, 0.717) is 51.7 Å². The molecule has 1 aromatic carbocycles. The average molecular weight is 333 g/mol. The van der Waals surface area contributed by atoms with Gasteiger partial charge >= 0.3 is 0 Å². The summed E-state index contributed by atoms with van der Waals surface area (Å²) in [6, 6.07) is 4.88. The van der Waals surface area contributed by atoms with Gasteiger partial charge in [-0.25, -0.2) is 0 Å². The Hall–Kier alpha value is -1.81. The summed E-state index contributed by atoms with van der Waals surface area (Å²) >= 11 is 5.97. The van der Waals surface area contributed by atoms with Crippen LogP contribution >= 0.6 is 11.6 Å². The third-order valence-electron chi connectivity index (χ3n) is 4.70. The van der Waals surface area contributed by atoms with Crippen LogP contribution < -0.4 is 5.43 Å². The second-order valence-corrected chi connectivity index (χ2v) is 6.81. The minimum atomic E-state index is -0.195. The third-order valence-corrected chi connectivity index (χ3v) is 4.93. The van der Waals surface area contributed by atoms with Gasteiger partial charge in [-0.1, -0.05) is 37.8 Å². The summed E-state index contributed by atoms with van der Waals surface area (Å²) < 4.78 is 1.09. The molecule has 1 heterocycles. The molecule has 23 heavy (non-hydrogen) atoms. The van der Waals surface area contributed by atoms with Crippen molar-refractivity contribution in [2.45, 2.75) is 45.4 Å². The first-order valence-corrected chi connectivity index (χ1v) is 8.55. The number of benzene rings is 1. The van der Waals surface area contributed by atoms with Crippen LogP contribution in [0.25, 0.3) is 10.9 Å². The van der Waals surface area contributed by atoms with E-state index in [-0.39, 0.29) is 5.43 Å². The Balaban J connectivity index is 2.08. The quantitative estimate of drug-likeness (QED) is 0.643. The monoisotopic (exact) mass is 332 g/mol. The fourth-order valence-electron chi connectivity index (χ4n) is 3.52. The second-order valence-electron chi connectivity index (χ2n) is 6.37. The first-order valence-electron chi connectivity index (χ1n) is 8.17. The fraction of sp³-hybridized carbons (Fsp3) is 0.444. The highest BCUT2D eigenvalue weighted by Gasteiger charge is 2.28. The van der Waals surface area contributed by atoms with Crippen LogP contribution in [0, 0.1) is 11.3 Å². The lowest BCUT2D eigenvalue weighted by molar-refractivity contribution is 0.183. The van der Waals surface area contributed by atoms with Gasteiger partial charge in [0.2, 0.25) is 0 Å². The Labute approximate surface area is 140 Å². The molecule has 3 rings (SSSR count). The minimum Gasteiger partial charge on any atom is -0.428 e. The topological polar surface area (TPSA) is 66.1 Å². The van der Waals surface area contributed by atoms with E-state index in [1.807, 2.05) is 0 Å². The number of aromatic nitrogens is 1. The van der Waals surface area contributed by atoms with Gasteiger partial charge in [-0.2, -0.15) is 4.73 Å². The van der Waals surface area contributed by atoms with Crippen LogP contribution in [-0.2, 0) is 6.42 Å². The molecule has 4 nitrogen and oxygen atoms in total. The van der Waals surface area contributed by atoms with Crippen LogP contribution in [0.15, 0.2) is 23.0 Å². The maximum absolute atomic E-state index is 12.7. The van der Waals surface area contributed by atoms with E-state index in [1.54, 1.807) is 18.2 Å². The van der Waals surface area contributed by atoms with Gasteiger partial charge in [0, 0.05) is 10.7 Å². The van der Waals surface area contributed by atoms with E-state index in [9.17, 15) is 10.0 Å². The number of halogens is 1. The number of nitrogens with one attached hydrogen (secondary N) is 1. The zero-order chi connectivity index (χ0) is 16.6. The number of pyridine rings is 1. The van der Waals surface area contributed by atoms with Gasteiger partial charge in [0.1, 0.15) is 0 Å². The van der Waals surface area contributed by atoms with E-state index >= 15 is 0 Å². The fourth-order valence-corrected chi connectivity index (χ4v) is 3.69. The van der Waals surface area contributed by atoms with E-state index in [4.69, 9.17) is 17.0 Å². The van der Waals surface area contributed by atoms with E-state index in [2.05, 4.69) is 6.92 Å². The molecule has 0 fully saturated rings. The Kier molecular flexibility index (Phi) is 4.44. The minimum absolute atomic E-state index is 0.195. The largest absolute Gasteiger partial charge is 0.428 e. The van der Waals surface area contributed by atoms with Crippen molar-refractivity contribution in [2.75, 3.05) is 0 Å². The number of hydrogen-bond donors (Lipinski definition) is 2. The van der Waals surface area contributed by atoms with Gasteiger partial charge in [-0.3, -0.25) is 4.79 Å². The molecule has 2 N–H and O–H groups in total. The van der Waals surface area contributed by atoms with Crippen molar-refractivity contribution < 1.29 is 5.21 Å². The summed E-state index contributed by atoms with van der Waals surface area (Å²) in [6.45, 7) is 2.17. The SMILES string of the molecule is CCCCCC1CC(=N)c2c(n(O)c3ccc(Cl)cc3c2=O)C1. The zero-order valence-electron chi connectivity index (χ0n) is 13.2. The van der Waals surface area contributed by atoms with E-state index < -0.39 is 0 Å². The van der Waals surface area contributed by atoms with Crippen LogP contribution in [0.3, 0.4) is 0 Å². The van der Waals surface area contributed by atoms with Crippen LogP contribution in [0.1, 0.15) is 50.3 Å². The lowest BCUT2D eigenvalue weighted by Gasteiger charge is -2.26. The molecular formula is C18H21ClN2O2. The van der Waals surface area contributed by atoms with Crippen LogP contribution in [-0.4, -0.2) is 15.6 Å². The second kappa shape index (κ2) is 6.36. The molecular weight excluding hydrogens is 312 g/mol. The average Bonchev–Trinajstić information content (AvgIpc) is 2.52. The Morgan fingerprint density at radius 3 is 2.87 bits per heavy atom. The standard InChI is InChI=1S/C18H21ClN2O2/c1-2-3-4-5-11-8-14(20)17-16(9-11)21(23)15-7-6-12(19)10-13(15)18(17)22/h6-7,10-11,20,23H,2-5,8-9H2,1H3. The molecule has 0 bridgehead atoms. The molecule has 1 atom stereocenters. The molecule has 0 amide bonds. The van der Waals surface area contributed by atoms with Crippen LogP contribution in [0.5, 0.6) is 0 Å². The van der Waals surface area contributed by atoms with Crippen molar-refractivity contribution >= 4 is 28.2 Å². The van der Waals surface area contributed by atoms with Gasteiger partial charge in [0.15, 0.2) is 5.43 Å². The summed E-state index contributed by atoms with van der Waals surface area (Å²) in [5.74, 6) is 0.323. The molecule has 1 aliphatic rings. The van der Waals surface area contributed by atoms with Crippen molar-refractivity contribution in [3.63, 3.8) is 0 Å². The lowest BCUT2D eigenvalue weighted by atomic mass is 9.82. The van der Waals surface area contributed by atoms with Gasteiger partial charge < -0.3 is 10.6 Å². The number of hydrogen-bond acceptors (Lipinski definition) is 3. The molecule has 0 saturated carbocycles. The van der Waals surface area contributed by atoms with Crippen molar-refractivity contribution in [2.24, 2.45) is 5.92 Å². The number of fused-ring (bicyclic) bond motifs is 2. The Morgan fingerprint density at radius 2 is 2.13 bits per heavy atom. The number of unbranched alkanes of at least 4 members (excludes halogenated alkanes) is 2. The van der Waals surface area contributed by atoms with Gasteiger partial charge in [-0.05, 0) is 43.4 Å². The summed E-state index contributed by atoms with van der Waals surface area (Å²) in [6.07, 6.45) is 5.75. The Bertz CT molecular complexity index is 826. The lowest BCUT2D eigenvalue weighted by Crippen LogP contribution is -2.31. The van der Waals surface area contributed by atoms with Gasteiger partial charge in [0.05, 0.1) is 22.2 Å². The van der Waals surface area contributed by atoms with Crippen LogP contribution in [0.4, 0.5) is 0 Å². The molecule has 0 radical (unpaired) electrons. The molecule has 1 aromatic heterocycles. The molecule has 1 aliphatic carbocycles. The predicted molar refractivity (Wildman–Crippen MR) is 93.2 cm³/mol. The molecule has 5 heteroatoms. The Morgan fingerprint density at radius 1 is 1.35 bits per heavy atom. The smallest absolute Gasteiger partial charge is 0.199 e. The van der Waals surface area contributed by atoms with Crippen molar-refractivity contribution in [1.82, 2.24) is 4.73 Å². The molecule has 0 aliphatic heterocycles. The van der Waals surface area contributed by atoms with E-state index in [0.717, 1.165) is 24.0 Å². The molecule has 0 saturated heterocycles. The maximum atomic E-state index is 12.7. The third kappa shape index (κ3) is 2.88. The normalized spacial score (nSPS) is 17.5. The number of nitrogens with zero attached hydrogens (tertiary/aromatic N) is 1. The van der Waals surface area contributed by atoms with Crippen molar-refractivity contribution in [3.05, 3.63) is 44.7 Å². The highest BCUT2D eigenvalue weighted by molar-refractivity contribution is 6.31. The predicted octanol–water partition coefficient (Wildman–Crippen LogP) is 4.40. The summed E-state index contributed by atoms with van der Waals surface area (Å²) in [4.78, 5) is 12.7. The van der Waals surface area contributed by atoms with E-state index in [1.165, 1.54) is 6.42 Å². The summed E-state index contributed by atoms with van der Waals surface area (Å²) in [5.41, 5.74) is 1.53. The van der Waals surface area contributed by atoms with Crippen molar-refractivity contribution in [1.29, 1.82) is 5.41 Å². The summed E-state index contributed by atoms with van der Waals surface area (Å²) in [5, 5.41) is 19.7. The van der Waals surface area contributed by atoms with Crippen LogP contribution in [0.2, 0.25) is 5.02 Å². The van der Waals surface area contributed by atoms with Gasteiger partial charge in [0.25, 0.3) is 0 Å². The van der Waals surface area contributed by atoms with Gasteiger partial charge in [-0.15, -0.1) is 0 Å². The zero-order valence-corrected chi connectivity index (χ0v) is 14.0. The van der Waals surface area contributed by atoms with Crippen molar-refractivity contribution in [3.8, 4) is 0 Å².